The van der Waals surface area contributed by atoms with Crippen molar-refractivity contribution >= 4 is 11.6 Å². The molecule has 0 radical (unpaired) electrons. The normalized spacial score (nSPS) is 15.1. The summed E-state index contributed by atoms with van der Waals surface area (Å²) in [7, 11) is 0. The third kappa shape index (κ3) is 4.61. The fourth-order valence-corrected chi connectivity index (χ4v) is 3.67. The van der Waals surface area contributed by atoms with Gasteiger partial charge in [0.25, 0.3) is 0 Å². The van der Waals surface area contributed by atoms with Crippen LogP contribution in [0.25, 0.3) is 17.1 Å². The monoisotopic (exact) mass is 398 g/mol. The molecule has 0 spiro atoms. The number of hydrazine groups is 1. The van der Waals surface area contributed by atoms with E-state index in [1.165, 1.54) is 31.4 Å². The van der Waals surface area contributed by atoms with Gasteiger partial charge in [-0.2, -0.15) is 0 Å². The van der Waals surface area contributed by atoms with Crippen molar-refractivity contribution in [2.24, 2.45) is 0 Å². The van der Waals surface area contributed by atoms with Crippen molar-refractivity contribution in [1.29, 1.82) is 0 Å². The van der Waals surface area contributed by atoms with Crippen molar-refractivity contribution in [3.63, 3.8) is 0 Å². The van der Waals surface area contributed by atoms with Crippen LogP contribution in [0.5, 0.6) is 0 Å². The van der Waals surface area contributed by atoms with E-state index < -0.39 is 0 Å². The third-order valence-corrected chi connectivity index (χ3v) is 5.29. The number of hydrogen-bond donors (Lipinski definition) is 1. The van der Waals surface area contributed by atoms with Crippen molar-refractivity contribution in [2.45, 2.75) is 25.7 Å². The molecular formula is C22H24ClFN4. The summed E-state index contributed by atoms with van der Waals surface area (Å²) in [6.45, 7) is 3.07. The van der Waals surface area contributed by atoms with Gasteiger partial charge in [-0.15, -0.1) is 0 Å². The third-order valence-electron chi connectivity index (χ3n) is 5.04. The van der Waals surface area contributed by atoms with Gasteiger partial charge in [-0.1, -0.05) is 18.0 Å². The van der Waals surface area contributed by atoms with Crippen molar-refractivity contribution in [2.75, 3.05) is 19.6 Å². The second kappa shape index (κ2) is 8.86. The molecular weight excluding hydrogens is 375 g/mol. The molecule has 0 aliphatic carbocycles. The van der Waals surface area contributed by atoms with E-state index in [1.807, 2.05) is 28.8 Å². The lowest BCUT2D eigenvalue weighted by Gasteiger charge is -2.26. The first-order valence-electron chi connectivity index (χ1n) is 9.78. The van der Waals surface area contributed by atoms with Gasteiger partial charge < -0.3 is 0 Å². The Bertz CT molecular complexity index is 836. The lowest BCUT2D eigenvalue weighted by molar-refractivity contribution is 0.155. The summed E-state index contributed by atoms with van der Waals surface area (Å²) in [6.07, 6.45) is 6.72. The molecule has 146 valence electrons. The molecule has 1 aliphatic rings. The highest BCUT2D eigenvalue weighted by atomic mass is 35.5. The largest absolute Gasteiger partial charge is 0.300 e. The summed E-state index contributed by atoms with van der Waals surface area (Å²) >= 11 is 6.04. The van der Waals surface area contributed by atoms with Crippen molar-refractivity contribution < 1.29 is 4.39 Å². The Balaban J connectivity index is 1.56. The highest BCUT2D eigenvalue weighted by Gasteiger charge is 2.13. The van der Waals surface area contributed by atoms with Crippen LogP contribution in [0, 0.1) is 5.82 Å². The number of piperidine rings is 1. The van der Waals surface area contributed by atoms with Gasteiger partial charge in [0.05, 0.1) is 5.69 Å². The summed E-state index contributed by atoms with van der Waals surface area (Å²) in [5, 5.41) is 3.00. The van der Waals surface area contributed by atoms with E-state index in [9.17, 15) is 4.39 Å². The van der Waals surface area contributed by atoms with Crippen LogP contribution in [0.2, 0.25) is 5.02 Å². The second-order valence-electron chi connectivity index (χ2n) is 7.11. The molecule has 1 fully saturated rings. The number of nitrogens with one attached hydrogen (secondary N) is 1. The van der Waals surface area contributed by atoms with E-state index in [1.54, 1.807) is 12.1 Å². The minimum atomic E-state index is -0.251. The molecule has 0 bridgehead atoms. The first kappa shape index (κ1) is 19.1. The van der Waals surface area contributed by atoms with Crippen LogP contribution in [-0.4, -0.2) is 34.2 Å². The van der Waals surface area contributed by atoms with E-state index in [-0.39, 0.29) is 5.82 Å². The minimum Gasteiger partial charge on any atom is -0.300 e. The topological polar surface area (TPSA) is 33.1 Å². The molecule has 0 unspecified atom stereocenters. The van der Waals surface area contributed by atoms with E-state index in [0.29, 0.717) is 5.02 Å². The van der Waals surface area contributed by atoms with Crippen LogP contribution in [0.4, 0.5) is 4.39 Å². The fourth-order valence-electron chi connectivity index (χ4n) is 3.54. The number of benzene rings is 2. The molecule has 4 rings (SSSR count). The standard InChI is InChI=1S/C22H24ClFN4/c23-18-6-10-21(11-7-18)28-16-20(12-13-25-27-14-2-1-3-15-27)26-22(28)17-4-8-19(24)9-5-17/h4-11,16,25H,1-3,12-15H2. The van der Waals surface area contributed by atoms with Gasteiger partial charge in [0.15, 0.2) is 0 Å². The number of rotatable bonds is 6. The van der Waals surface area contributed by atoms with Gasteiger partial charge in [0, 0.05) is 48.5 Å². The molecule has 0 saturated carbocycles. The Hall–Kier alpha value is -2.21. The van der Waals surface area contributed by atoms with Gasteiger partial charge in [0.2, 0.25) is 0 Å². The number of aromatic nitrogens is 2. The van der Waals surface area contributed by atoms with Crippen molar-refractivity contribution in [1.82, 2.24) is 20.0 Å². The Kier molecular flexibility index (Phi) is 6.05. The Morgan fingerprint density at radius 1 is 0.964 bits per heavy atom. The molecule has 1 aliphatic heterocycles. The van der Waals surface area contributed by atoms with Crippen LogP contribution in [0.3, 0.4) is 0 Å². The van der Waals surface area contributed by atoms with Gasteiger partial charge >= 0.3 is 0 Å². The van der Waals surface area contributed by atoms with Gasteiger partial charge in [-0.05, 0) is 61.4 Å². The van der Waals surface area contributed by atoms with E-state index in [2.05, 4.69) is 16.6 Å². The maximum atomic E-state index is 13.4. The lowest BCUT2D eigenvalue weighted by Crippen LogP contribution is -2.42. The van der Waals surface area contributed by atoms with Crippen LogP contribution in [0.15, 0.2) is 54.7 Å². The summed E-state index contributed by atoms with van der Waals surface area (Å²) in [4.78, 5) is 4.84. The number of nitrogens with zero attached hydrogens (tertiary/aromatic N) is 3. The summed E-state index contributed by atoms with van der Waals surface area (Å²) < 4.78 is 15.4. The first-order chi connectivity index (χ1) is 13.7. The average Bonchev–Trinajstić information content (AvgIpc) is 3.14. The zero-order valence-electron chi connectivity index (χ0n) is 15.7. The molecule has 6 heteroatoms. The minimum absolute atomic E-state index is 0.251. The molecule has 3 aromatic rings. The van der Waals surface area contributed by atoms with Crippen LogP contribution >= 0.6 is 11.6 Å². The second-order valence-corrected chi connectivity index (χ2v) is 7.55. The lowest BCUT2D eigenvalue weighted by atomic mass is 10.2. The molecule has 2 aromatic carbocycles. The molecule has 1 saturated heterocycles. The van der Waals surface area contributed by atoms with Crippen molar-refractivity contribution in [3.05, 3.63) is 71.3 Å². The maximum absolute atomic E-state index is 13.4. The number of imidazole rings is 1. The van der Waals surface area contributed by atoms with E-state index >= 15 is 0 Å². The summed E-state index contributed by atoms with van der Waals surface area (Å²) in [5.74, 6) is 0.551. The Morgan fingerprint density at radius 2 is 1.68 bits per heavy atom. The summed E-state index contributed by atoms with van der Waals surface area (Å²) in [6, 6.07) is 14.1. The van der Waals surface area contributed by atoms with E-state index in [4.69, 9.17) is 16.6 Å². The fraction of sp³-hybridized carbons (Fsp3) is 0.318. The molecule has 2 heterocycles. The SMILES string of the molecule is Fc1ccc(-c2nc(CCNN3CCCCC3)cn2-c2ccc(Cl)cc2)cc1. The molecule has 0 atom stereocenters. The molecule has 28 heavy (non-hydrogen) atoms. The van der Waals surface area contributed by atoms with Gasteiger partial charge in [0.1, 0.15) is 11.6 Å². The zero-order valence-corrected chi connectivity index (χ0v) is 16.5. The number of halogens is 2. The quantitative estimate of drug-likeness (QED) is 0.643. The van der Waals surface area contributed by atoms with Crippen LogP contribution in [0.1, 0.15) is 25.0 Å². The van der Waals surface area contributed by atoms with Crippen LogP contribution in [-0.2, 0) is 6.42 Å². The zero-order chi connectivity index (χ0) is 19.3. The molecule has 4 nitrogen and oxygen atoms in total. The highest BCUT2D eigenvalue weighted by molar-refractivity contribution is 6.30. The van der Waals surface area contributed by atoms with Crippen LogP contribution < -0.4 is 5.43 Å². The summed E-state index contributed by atoms with van der Waals surface area (Å²) in [5.41, 5.74) is 6.37. The smallest absolute Gasteiger partial charge is 0.144 e. The van der Waals surface area contributed by atoms with Gasteiger partial charge in [-0.3, -0.25) is 9.99 Å². The average molecular weight is 399 g/mol. The number of hydrogen-bond acceptors (Lipinski definition) is 3. The van der Waals surface area contributed by atoms with Crippen molar-refractivity contribution in [3.8, 4) is 17.1 Å². The predicted molar refractivity (Wildman–Crippen MR) is 111 cm³/mol. The first-order valence-corrected chi connectivity index (χ1v) is 10.2. The van der Waals surface area contributed by atoms with E-state index in [0.717, 1.165) is 48.8 Å². The predicted octanol–water partition coefficient (Wildman–Crippen LogP) is 4.86. The Labute approximate surface area is 169 Å². The van der Waals surface area contributed by atoms with Gasteiger partial charge in [-0.25, -0.2) is 14.4 Å². The molecule has 1 N–H and O–H groups in total. The molecule has 1 aromatic heterocycles. The maximum Gasteiger partial charge on any atom is 0.144 e. The molecule has 0 amide bonds. The highest BCUT2D eigenvalue weighted by Crippen LogP contribution is 2.24. The Morgan fingerprint density at radius 3 is 2.39 bits per heavy atom.